The van der Waals surface area contributed by atoms with Gasteiger partial charge in [0.1, 0.15) is 6.04 Å². The minimum atomic E-state index is -0.723. The van der Waals surface area contributed by atoms with E-state index in [9.17, 15) is 14.4 Å². The molecule has 10 heteroatoms. The molecule has 1 aromatic carbocycles. The van der Waals surface area contributed by atoms with Crippen LogP contribution in [0, 0.1) is 0 Å². The zero-order valence-electron chi connectivity index (χ0n) is 14.7. The topological polar surface area (TPSA) is 81.8 Å². The van der Waals surface area contributed by atoms with E-state index in [1.54, 1.807) is 6.07 Å². The predicted octanol–water partition coefficient (Wildman–Crippen LogP) is 2.44. The van der Waals surface area contributed by atoms with Crippen molar-refractivity contribution >= 4 is 59.1 Å². The first kappa shape index (κ1) is 21.8. The second-order valence-electron chi connectivity index (χ2n) is 6.45. The van der Waals surface area contributed by atoms with Crippen LogP contribution in [-0.2, 0) is 9.59 Å². The summed E-state index contributed by atoms with van der Waals surface area (Å²) in [6, 6.07) is 3.43. The van der Waals surface area contributed by atoms with Gasteiger partial charge >= 0.3 is 6.03 Å². The van der Waals surface area contributed by atoms with Crippen LogP contribution in [0.4, 0.5) is 10.5 Å². The number of benzene rings is 1. The zero-order valence-corrected chi connectivity index (χ0v) is 17.0. The highest BCUT2D eigenvalue weighted by Gasteiger charge is 2.39. The highest BCUT2D eigenvalue weighted by Crippen LogP contribution is 2.29. The lowest BCUT2D eigenvalue weighted by molar-refractivity contribution is -0.134. The van der Waals surface area contributed by atoms with E-state index in [1.807, 2.05) is 11.8 Å². The van der Waals surface area contributed by atoms with Crippen molar-refractivity contribution in [2.75, 3.05) is 24.5 Å². The summed E-state index contributed by atoms with van der Waals surface area (Å²) in [6.45, 7) is 4.16. The van der Waals surface area contributed by atoms with E-state index in [1.165, 1.54) is 12.1 Å². The Morgan fingerprint density at radius 2 is 2.00 bits per heavy atom. The van der Waals surface area contributed by atoms with E-state index in [2.05, 4.69) is 10.6 Å². The number of anilines is 1. The average Bonchev–Trinajstić information content (AvgIpc) is 2.89. The second-order valence-corrected chi connectivity index (χ2v) is 7.27. The number of nitrogens with zero attached hydrogens (tertiary/aromatic N) is 2. The number of halogens is 3. The lowest BCUT2D eigenvalue weighted by Gasteiger charge is -2.34. The van der Waals surface area contributed by atoms with Crippen LogP contribution in [0.1, 0.15) is 19.8 Å². The zero-order chi connectivity index (χ0) is 18.8. The Kier molecular flexibility index (Phi) is 7.33. The third-order valence-electron chi connectivity index (χ3n) is 4.65. The van der Waals surface area contributed by atoms with Gasteiger partial charge in [0.15, 0.2) is 0 Å². The summed E-state index contributed by atoms with van der Waals surface area (Å²) in [5.74, 6) is -0.399. The van der Waals surface area contributed by atoms with Crippen LogP contribution in [0.15, 0.2) is 18.2 Å². The molecule has 2 N–H and O–H groups in total. The summed E-state index contributed by atoms with van der Waals surface area (Å²) in [6.07, 6.45) is 0.466. The molecule has 0 spiro atoms. The van der Waals surface area contributed by atoms with Crippen molar-refractivity contribution in [1.29, 1.82) is 0 Å². The van der Waals surface area contributed by atoms with E-state index < -0.39 is 18.0 Å². The van der Waals surface area contributed by atoms with Crippen LogP contribution in [0.2, 0.25) is 10.0 Å². The van der Waals surface area contributed by atoms with Crippen molar-refractivity contribution in [3.8, 4) is 0 Å². The molecule has 7 nitrogen and oxygen atoms in total. The molecule has 0 saturated carbocycles. The summed E-state index contributed by atoms with van der Waals surface area (Å²) in [5.41, 5.74) is 0.353. The van der Waals surface area contributed by atoms with Crippen LogP contribution < -0.4 is 15.5 Å². The van der Waals surface area contributed by atoms with Crippen molar-refractivity contribution in [3.63, 3.8) is 0 Å². The van der Waals surface area contributed by atoms with Gasteiger partial charge in [-0.1, -0.05) is 23.2 Å². The van der Waals surface area contributed by atoms with Crippen LogP contribution in [-0.4, -0.2) is 54.5 Å². The summed E-state index contributed by atoms with van der Waals surface area (Å²) >= 11 is 11.8. The number of piperazine rings is 1. The van der Waals surface area contributed by atoms with Gasteiger partial charge in [-0.3, -0.25) is 9.59 Å². The Morgan fingerprint density at radius 1 is 1.26 bits per heavy atom. The van der Waals surface area contributed by atoms with Crippen LogP contribution in [0.25, 0.3) is 0 Å². The van der Waals surface area contributed by atoms with Crippen molar-refractivity contribution < 1.29 is 14.4 Å². The Morgan fingerprint density at radius 3 is 2.67 bits per heavy atom. The Balaban J connectivity index is 0.00000261. The maximum atomic E-state index is 12.6. The third kappa shape index (κ3) is 4.66. The summed E-state index contributed by atoms with van der Waals surface area (Å²) in [4.78, 5) is 40.1. The molecule has 2 aliphatic heterocycles. The molecule has 0 radical (unpaired) electrons. The molecule has 0 aromatic heterocycles. The molecule has 2 heterocycles. The van der Waals surface area contributed by atoms with Gasteiger partial charge < -0.3 is 15.5 Å². The molecular formula is C17H21Cl3N4O3. The SMILES string of the molecule is C[C@@H]1CNCCN1C(=O)CCC1NC(=O)N(c2ccc(Cl)c(Cl)c2)C1=O.Cl. The van der Waals surface area contributed by atoms with Gasteiger partial charge in [-0.15, -0.1) is 12.4 Å². The maximum absolute atomic E-state index is 12.6. The number of amides is 4. The molecule has 2 fully saturated rings. The number of nitrogens with one attached hydrogen (secondary N) is 2. The molecule has 2 atom stereocenters. The molecule has 1 aromatic rings. The van der Waals surface area contributed by atoms with E-state index in [4.69, 9.17) is 23.2 Å². The van der Waals surface area contributed by atoms with Gasteiger partial charge in [0, 0.05) is 32.1 Å². The number of hydrogen-bond acceptors (Lipinski definition) is 4. The molecule has 0 bridgehead atoms. The predicted molar refractivity (Wildman–Crippen MR) is 107 cm³/mol. The van der Waals surface area contributed by atoms with Crippen molar-refractivity contribution in [1.82, 2.24) is 15.5 Å². The fourth-order valence-electron chi connectivity index (χ4n) is 3.22. The van der Waals surface area contributed by atoms with Crippen LogP contribution in [0.5, 0.6) is 0 Å². The van der Waals surface area contributed by atoms with E-state index in [0.29, 0.717) is 17.3 Å². The Bertz CT molecular complexity index is 746. The van der Waals surface area contributed by atoms with E-state index >= 15 is 0 Å². The monoisotopic (exact) mass is 434 g/mol. The van der Waals surface area contributed by atoms with Crippen molar-refractivity contribution in [2.45, 2.75) is 31.8 Å². The minimum absolute atomic E-state index is 0. The number of carbonyl (C=O) groups is 3. The largest absolute Gasteiger partial charge is 0.337 e. The van der Waals surface area contributed by atoms with Gasteiger partial charge in [0.25, 0.3) is 5.91 Å². The molecule has 148 valence electrons. The Labute approximate surface area is 173 Å². The summed E-state index contributed by atoms with van der Waals surface area (Å²) < 4.78 is 0. The lowest BCUT2D eigenvalue weighted by atomic mass is 10.1. The number of hydrogen-bond donors (Lipinski definition) is 2. The normalized spacial score (nSPS) is 22.5. The third-order valence-corrected chi connectivity index (χ3v) is 5.39. The number of imide groups is 1. The molecular weight excluding hydrogens is 415 g/mol. The number of rotatable bonds is 4. The highest BCUT2D eigenvalue weighted by molar-refractivity contribution is 6.42. The molecule has 2 saturated heterocycles. The fourth-order valence-corrected chi connectivity index (χ4v) is 3.51. The first-order chi connectivity index (χ1) is 12.4. The van der Waals surface area contributed by atoms with Gasteiger partial charge in [-0.05, 0) is 31.5 Å². The van der Waals surface area contributed by atoms with Gasteiger partial charge in [0.05, 0.1) is 15.7 Å². The number of urea groups is 1. The molecule has 27 heavy (non-hydrogen) atoms. The van der Waals surface area contributed by atoms with Crippen LogP contribution in [0.3, 0.4) is 0 Å². The minimum Gasteiger partial charge on any atom is -0.337 e. The molecule has 0 aliphatic carbocycles. The van der Waals surface area contributed by atoms with Crippen molar-refractivity contribution in [2.24, 2.45) is 0 Å². The van der Waals surface area contributed by atoms with Crippen LogP contribution >= 0.6 is 35.6 Å². The summed E-state index contributed by atoms with van der Waals surface area (Å²) in [7, 11) is 0. The maximum Gasteiger partial charge on any atom is 0.329 e. The van der Waals surface area contributed by atoms with Gasteiger partial charge in [-0.2, -0.15) is 0 Å². The van der Waals surface area contributed by atoms with Gasteiger partial charge in [0.2, 0.25) is 5.91 Å². The smallest absolute Gasteiger partial charge is 0.329 e. The lowest BCUT2D eigenvalue weighted by Crippen LogP contribution is -2.52. The second kappa shape index (κ2) is 9.10. The molecule has 4 amide bonds. The standard InChI is InChI=1S/C17H20Cl2N4O3.ClH/c1-10-9-20-6-7-22(10)15(24)5-4-14-16(25)23(17(26)21-14)11-2-3-12(18)13(19)8-11;/h2-3,8,10,14,20H,4-7,9H2,1H3,(H,21,26);1H/t10-,14?;/m1./s1. The molecule has 2 aliphatic rings. The summed E-state index contributed by atoms with van der Waals surface area (Å²) in [5, 5.41) is 6.47. The van der Waals surface area contributed by atoms with Gasteiger partial charge in [-0.25, -0.2) is 9.69 Å². The number of carbonyl (C=O) groups excluding carboxylic acids is 3. The quantitative estimate of drug-likeness (QED) is 0.712. The highest BCUT2D eigenvalue weighted by atomic mass is 35.5. The van der Waals surface area contributed by atoms with E-state index in [-0.39, 0.29) is 42.2 Å². The average molecular weight is 436 g/mol. The first-order valence-corrected chi connectivity index (χ1v) is 9.24. The fraction of sp³-hybridized carbons (Fsp3) is 0.471. The first-order valence-electron chi connectivity index (χ1n) is 8.48. The van der Waals surface area contributed by atoms with Crippen molar-refractivity contribution in [3.05, 3.63) is 28.2 Å². The Hall–Kier alpha value is -1.54. The molecule has 1 unspecified atom stereocenters. The molecule has 3 rings (SSSR count). The van der Waals surface area contributed by atoms with E-state index in [0.717, 1.165) is 18.0 Å².